The second-order valence-electron chi connectivity index (χ2n) is 4.96. The number of hydrogen-bond acceptors (Lipinski definition) is 4. The average molecular weight is 308 g/mol. The normalized spacial score (nSPS) is 9.91. The third-order valence-corrected chi connectivity index (χ3v) is 2.70. The van der Waals surface area contributed by atoms with Gasteiger partial charge in [0.05, 0.1) is 0 Å². The lowest BCUT2D eigenvalue weighted by Crippen LogP contribution is -2.43. The second-order valence-corrected chi connectivity index (χ2v) is 4.96. The Morgan fingerprint density at radius 2 is 1.59 bits per heavy atom. The average Bonchev–Trinajstić information content (AvgIpc) is 2.41. The Kier molecular flexibility index (Phi) is 6.88. The molecule has 0 aliphatic heterocycles. The summed E-state index contributed by atoms with van der Waals surface area (Å²) in [6.45, 7) is 3.63. The molecule has 22 heavy (non-hydrogen) atoms. The van der Waals surface area contributed by atoms with E-state index in [2.05, 4.69) is 10.9 Å². The van der Waals surface area contributed by atoms with E-state index in [1.54, 1.807) is 0 Å². The summed E-state index contributed by atoms with van der Waals surface area (Å²) < 4.78 is 5.33. The molecule has 0 aromatic heterocycles. The first-order chi connectivity index (χ1) is 10.4. The van der Waals surface area contributed by atoms with Gasteiger partial charge in [-0.1, -0.05) is 6.07 Å². The van der Waals surface area contributed by atoms with Crippen molar-refractivity contribution in [2.24, 2.45) is 0 Å². The summed E-state index contributed by atoms with van der Waals surface area (Å²) >= 11 is 0. The zero-order valence-corrected chi connectivity index (χ0v) is 12.6. The van der Waals surface area contributed by atoms with Gasteiger partial charge >= 0.3 is 5.97 Å². The maximum absolute atomic E-state index is 11.5. The summed E-state index contributed by atoms with van der Waals surface area (Å²) in [6.07, 6.45) is 0.164. The number of aryl methyl sites for hydroxylation is 2. The molecule has 0 saturated carbocycles. The third-order valence-electron chi connectivity index (χ3n) is 2.70. The SMILES string of the molecule is Cc1cc(C)cc(OCC(=O)NNC(=O)CCCC(=O)O)c1. The van der Waals surface area contributed by atoms with Crippen LogP contribution in [0.5, 0.6) is 5.75 Å². The highest BCUT2D eigenvalue weighted by Gasteiger charge is 2.07. The monoisotopic (exact) mass is 308 g/mol. The lowest BCUT2D eigenvalue weighted by Gasteiger charge is -2.09. The molecular weight excluding hydrogens is 288 g/mol. The molecule has 0 saturated heterocycles. The number of carbonyl (C=O) groups is 3. The van der Waals surface area contributed by atoms with Gasteiger partial charge in [0.25, 0.3) is 5.91 Å². The number of benzene rings is 1. The molecular formula is C15H20N2O5. The number of aliphatic carboxylic acids is 1. The molecule has 7 nitrogen and oxygen atoms in total. The molecule has 7 heteroatoms. The van der Waals surface area contributed by atoms with E-state index in [1.807, 2.05) is 32.0 Å². The molecule has 0 atom stereocenters. The summed E-state index contributed by atoms with van der Waals surface area (Å²) in [5.41, 5.74) is 6.47. The van der Waals surface area contributed by atoms with Crippen LogP contribution in [0.2, 0.25) is 0 Å². The fourth-order valence-corrected chi connectivity index (χ4v) is 1.80. The Bertz CT molecular complexity index is 537. The predicted octanol–water partition coefficient (Wildman–Crippen LogP) is 1.08. The van der Waals surface area contributed by atoms with Gasteiger partial charge in [-0.15, -0.1) is 0 Å². The fraction of sp³-hybridized carbons (Fsp3) is 0.400. The maximum atomic E-state index is 11.5. The zero-order valence-electron chi connectivity index (χ0n) is 12.6. The van der Waals surface area contributed by atoms with Gasteiger partial charge in [-0.2, -0.15) is 0 Å². The van der Waals surface area contributed by atoms with E-state index in [0.717, 1.165) is 11.1 Å². The van der Waals surface area contributed by atoms with Crippen LogP contribution in [0.1, 0.15) is 30.4 Å². The molecule has 0 spiro atoms. The van der Waals surface area contributed by atoms with E-state index in [1.165, 1.54) is 0 Å². The highest BCUT2D eigenvalue weighted by atomic mass is 16.5. The van der Waals surface area contributed by atoms with Crippen molar-refractivity contribution in [2.45, 2.75) is 33.1 Å². The molecule has 2 amide bonds. The van der Waals surface area contributed by atoms with Crippen molar-refractivity contribution in [3.8, 4) is 5.75 Å². The number of amides is 2. The number of rotatable bonds is 7. The van der Waals surface area contributed by atoms with Crippen LogP contribution in [-0.2, 0) is 14.4 Å². The van der Waals surface area contributed by atoms with Gasteiger partial charge in [-0.25, -0.2) is 0 Å². The molecule has 0 aliphatic carbocycles. The fourth-order valence-electron chi connectivity index (χ4n) is 1.80. The molecule has 1 rings (SSSR count). The van der Waals surface area contributed by atoms with Crippen LogP contribution < -0.4 is 15.6 Å². The van der Waals surface area contributed by atoms with Crippen LogP contribution in [0.25, 0.3) is 0 Å². The van der Waals surface area contributed by atoms with Gasteiger partial charge in [-0.3, -0.25) is 25.2 Å². The summed E-state index contributed by atoms with van der Waals surface area (Å²) in [4.78, 5) is 33.2. The number of ether oxygens (including phenoxy) is 1. The molecule has 0 bridgehead atoms. The van der Waals surface area contributed by atoms with Crippen molar-refractivity contribution in [1.82, 2.24) is 10.9 Å². The molecule has 0 unspecified atom stereocenters. The van der Waals surface area contributed by atoms with Crippen LogP contribution in [-0.4, -0.2) is 29.5 Å². The van der Waals surface area contributed by atoms with Gasteiger partial charge < -0.3 is 9.84 Å². The van der Waals surface area contributed by atoms with E-state index < -0.39 is 17.8 Å². The van der Waals surface area contributed by atoms with Crippen molar-refractivity contribution < 1.29 is 24.2 Å². The maximum Gasteiger partial charge on any atom is 0.303 e. The molecule has 120 valence electrons. The third kappa shape index (κ3) is 7.28. The highest BCUT2D eigenvalue weighted by Crippen LogP contribution is 2.15. The summed E-state index contributed by atoms with van der Waals surface area (Å²) in [5, 5.41) is 8.44. The van der Waals surface area contributed by atoms with Crippen LogP contribution in [0.4, 0.5) is 0 Å². The van der Waals surface area contributed by atoms with Crippen LogP contribution in [0.3, 0.4) is 0 Å². The lowest BCUT2D eigenvalue weighted by atomic mass is 10.1. The molecule has 0 heterocycles. The Morgan fingerprint density at radius 1 is 1.00 bits per heavy atom. The molecule has 3 N–H and O–H groups in total. The van der Waals surface area contributed by atoms with Crippen LogP contribution in [0.15, 0.2) is 18.2 Å². The minimum absolute atomic E-state index is 0.0323. The molecule has 0 radical (unpaired) electrons. The number of nitrogens with one attached hydrogen (secondary N) is 2. The molecule has 0 aliphatic rings. The minimum atomic E-state index is -0.960. The summed E-state index contributed by atoms with van der Waals surface area (Å²) in [5.74, 6) is -1.31. The van der Waals surface area contributed by atoms with E-state index >= 15 is 0 Å². The van der Waals surface area contributed by atoms with Gasteiger partial charge in [0, 0.05) is 12.8 Å². The first kappa shape index (κ1) is 17.5. The second kappa shape index (κ2) is 8.66. The first-order valence-corrected chi connectivity index (χ1v) is 6.87. The Morgan fingerprint density at radius 3 is 2.18 bits per heavy atom. The molecule has 1 aromatic carbocycles. The van der Waals surface area contributed by atoms with E-state index in [-0.39, 0.29) is 25.9 Å². The van der Waals surface area contributed by atoms with E-state index in [4.69, 9.17) is 9.84 Å². The highest BCUT2D eigenvalue weighted by molar-refractivity contribution is 5.82. The number of carboxylic acid groups (broad SMARTS) is 1. The topological polar surface area (TPSA) is 105 Å². The van der Waals surface area contributed by atoms with E-state index in [0.29, 0.717) is 5.75 Å². The lowest BCUT2D eigenvalue weighted by molar-refractivity contribution is -0.137. The van der Waals surface area contributed by atoms with Crippen molar-refractivity contribution in [2.75, 3.05) is 6.61 Å². The number of carboxylic acids is 1. The summed E-state index contributed by atoms with van der Waals surface area (Å²) in [7, 11) is 0. The Labute approximate surface area is 128 Å². The van der Waals surface area contributed by atoms with Gasteiger partial charge in [-0.05, 0) is 43.5 Å². The minimum Gasteiger partial charge on any atom is -0.484 e. The Hall–Kier alpha value is -2.57. The van der Waals surface area contributed by atoms with Crippen molar-refractivity contribution in [3.63, 3.8) is 0 Å². The smallest absolute Gasteiger partial charge is 0.303 e. The van der Waals surface area contributed by atoms with Gasteiger partial charge in [0.1, 0.15) is 5.75 Å². The Balaban J connectivity index is 2.25. The predicted molar refractivity (Wildman–Crippen MR) is 79.2 cm³/mol. The van der Waals surface area contributed by atoms with Gasteiger partial charge in [0.15, 0.2) is 6.61 Å². The number of hydrazine groups is 1. The molecule has 1 aromatic rings. The van der Waals surface area contributed by atoms with Crippen LogP contribution in [0, 0.1) is 13.8 Å². The first-order valence-electron chi connectivity index (χ1n) is 6.87. The standard InChI is InChI=1S/C15H20N2O5/c1-10-6-11(2)8-12(7-10)22-9-14(19)17-16-13(18)4-3-5-15(20)21/h6-8H,3-5,9H2,1-2H3,(H,16,18)(H,17,19)(H,20,21). The van der Waals surface area contributed by atoms with Crippen molar-refractivity contribution in [1.29, 1.82) is 0 Å². The quantitative estimate of drug-likeness (QED) is 0.654. The summed E-state index contributed by atoms with van der Waals surface area (Å²) in [6, 6.07) is 5.61. The number of hydrogen-bond donors (Lipinski definition) is 3. The van der Waals surface area contributed by atoms with Crippen molar-refractivity contribution >= 4 is 17.8 Å². The number of carbonyl (C=O) groups excluding carboxylic acids is 2. The van der Waals surface area contributed by atoms with Gasteiger partial charge in [0.2, 0.25) is 5.91 Å². The largest absolute Gasteiger partial charge is 0.484 e. The molecule has 0 fully saturated rings. The van der Waals surface area contributed by atoms with Crippen molar-refractivity contribution in [3.05, 3.63) is 29.3 Å². The van der Waals surface area contributed by atoms with Crippen LogP contribution >= 0.6 is 0 Å². The van der Waals surface area contributed by atoms with E-state index in [9.17, 15) is 14.4 Å². The zero-order chi connectivity index (χ0) is 16.5.